The predicted molar refractivity (Wildman–Crippen MR) is 108 cm³/mol. The average Bonchev–Trinajstić information content (AvgIpc) is 3.15. The number of amides is 1. The van der Waals surface area contributed by atoms with E-state index in [0.29, 0.717) is 16.0 Å². The summed E-state index contributed by atoms with van der Waals surface area (Å²) in [5.41, 5.74) is 1.72. The van der Waals surface area contributed by atoms with E-state index in [1.165, 1.54) is 18.9 Å². The number of ether oxygens (including phenoxy) is 1. The number of hydrogen-bond acceptors (Lipinski definition) is 6. The molecule has 0 aliphatic rings. The highest BCUT2D eigenvalue weighted by atomic mass is 35.5. The summed E-state index contributed by atoms with van der Waals surface area (Å²) < 4.78 is 6.38. The molecule has 9 heteroatoms. The summed E-state index contributed by atoms with van der Waals surface area (Å²) in [6.07, 6.45) is 0. The Hall–Kier alpha value is -2.84. The van der Waals surface area contributed by atoms with Gasteiger partial charge in [0.2, 0.25) is 5.91 Å². The predicted octanol–water partition coefficient (Wildman–Crippen LogP) is 2.97. The summed E-state index contributed by atoms with van der Waals surface area (Å²) >= 11 is 7.21. The number of aromatic nitrogens is 3. The number of esters is 1. The van der Waals surface area contributed by atoms with Crippen LogP contribution in [-0.2, 0) is 14.3 Å². The van der Waals surface area contributed by atoms with Crippen molar-refractivity contribution in [3.8, 4) is 17.1 Å². The molecule has 0 saturated heterocycles. The molecule has 0 aliphatic carbocycles. The molecule has 28 heavy (non-hydrogen) atoms. The summed E-state index contributed by atoms with van der Waals surface area (Å²) in [6, 6.07) is 16.9. The van der Waals surface area contributed by atoms with Crippen molar-refractivity contribution in [2.45, 2.75) is 5.16 Å². The Morgan fingerprint density at radius 3 is 2.50 bits per heavy atom. The lowest BCUT2D eigenvalue weighted by Gasteiger charge is -2.10. The third-order valence-electron chi connectivity index (χ3n) is 3.74. The van der Waals surface area contributed by atoms with E-state index in [1.807, 2.05) is 47.0 Å². The minimum atomic E-state index is -0.504. The minimum Gasteiger partial charge on any atom is -0.468 e. The van der Waals surface area contributed by atoms with Crippen molar-refractivity contribution in [1.29, 1.82) is 0 Å². The van der Waals surface area contributed by atoms with Crippen molar-refractivity contribution in [2.75, 3.05) is 19.4 Å². The molecule has 0 unspecified atom stereocenters. The molecular weight excluding hydrogens is 400 g/mol. The Balaban J connectivity index is 1.84. The van der Waals surface area contributed by atoms with Crippen LogP contribution in [0.4, 0.5) is 0 Å². The van der Waals surface area contributed by atoms with Gasteiger partial charge in [-0.2, -0.15) is 0 Å². The molecular formula is C19H17ClN4O3S. The first-order valence-electron chi connectivity index (χ1n) is 8.31. The van der Waals surface area contributed by atoms with Crippen LogP contribution in [0.25, 0.3) is 17.1 Å². The molecule has 0 saturated carbocycles. The fourth-order valence-corrected chi connectivity index (χ4v) is 3.29. The zero-order valence-corrected chi connectivity index (χ0v) is 16.5. The molecule has 1 aromatic heterocycles. The fraction of sp³-hybridized carbons (Fsp3) is 0.158. The average molecular weight is 417 g/mol. The number of nitrogens with one attached hydrogen (secondary N) is 1. The molecule has 3 rings (SSSR count). The van der Waals surface area contributed by atoms with Crippen molar-refractivity contribution in [2.24, 2.45) is 0 Å². The van der Waals surface area contributed by atoms with E-state index >= 15 is 0 Å². The molecule has 144 valence electrons. The summed E-state index contributed by atoms with van der Waals surface area (Å²) in [5.74, 6) is -0.0787. The lowest BCUT2D eigenvalue weighted by atomic mass is 10.2. The molecule has 0 atom stereocenters. The Morgan fingerprint density at radius 2 is 1.82 bits per heavy atom. The van der Waals surface area contributed by atoms with Crippen LogP contribution < -0.4 is 5.32 Å². The number of benzene rings is 2. The first kappa shape index (κ1) is 19.9. The van der Waals surface area contributed by atoms with Crippen LogP contribution in [0.1, 0.15) is 0 Å². The maximum atomic E-state index is 12.0. The summed E-state index contributed by atoms with van der Waals surface area (Å²) in [5, 5.41) is 12.2. The van der Waals surface area contributed by atoms with E-state index in [2.05, 4.69) is 20.3 Å². The van der Waals surface area contributed by atoms with Gasteiger partial charge < -0.3 is 10.1 Å². The van der Waals surface area contributed by atoms with Crippen molar-refractivity contribution in [3.63, 3.8) is 0 Å². The van der Waals surface area contributed by atoms with E-state index < -0.39 is 5.97 Å². The quantitative estimate of drug-likeness (QED) is 0.470. The number of nitrogens with zero attached hydrogens (tertiary/aromatic N) is 3. The van der Waals surface area contributed by atoms with Gasteiger partial charge >= 0.3 is 5.97 Å². The van der Waals surface area contributed by atoms with E-state index in [9.17, 15) is 9.59 Å². The van der Waals surface area contributed by atoms with Gasteiger partial charge in [-0.3, -0.25) is 14.2 Å². The van der Waals surface area contributed by atoms with Crippen molar-refractivity contribution in [1.82, 2.24) is 20.1 Å². The van der Waals surface area contributed by atoms with Crippen LogP contribution in [0.5, 0.6) is 0 Å². The lowest BCUT2D eigenvalue weighted by Crippen LogP contribution is -2.31. The van der Waals surface area contributed by atoms with Crippen LogP contribution in [0.15, 0.2) is 59.8 Å². The smallest absolute Gasteiger partial charge is 0.325 e. The molecule has 0 radical (unpaired) electrons. The van der Waals surface area contributed by atoms with E-state index in [-0.39, 0.29) is 18.2 Å². The van der Waals surface area contributed by atoms with Gasteiger partial charge in [0.15, 0.2) is 11.0 Å². The number of carbonyl (C=O) groups is 2. The number of para-hydroxylation sites is 1. The van der Waals surface area contributed by atoms with E-state index in [4.69, 9.17) is 11.6 Å². The standard InChI is InChI=1S/C19H17ClN4O3S/c1-27-17(26)11-21-16(25)12-28-19-23-22-18(13-7-9-14(20)10-8-13)24(19)15-5-3-2-4-6-15/h2-10H,11-12H2,1H3,(H,21,25). The van der Waals surface area contributed by atoms with Crippen molar-refractivity contribution < 1.29 is 14.3 Å². The lowest BCUT2D eigenvalue weighted by molar-refractivity contribution is -0.140. The minimum absolute atomic E-state index is 0.0859. The van der Waals surface area contributed by atoms with Crippen LogP contribution >= 0.6 is 23.4 Å². The summed E-state index contributed by atoms with van der Waals surface area (Å²) in [4.78, 5) is 23.1. The number of halogens is 1. The van der Waals surface area contributed by atoms with Gasteiger partial charge in [-0.15, -0.1) is 10.2 Å². The van der Waals surface area contributed by atoms with Gasteiger partial charge in [-0.1, -0.05) is 41.6 Å². The van der Waals surface area contributed by atoms with Gasteiger partial charge in [0.1, 0.15) is 6.54 Å². The first-order chi connectivity index (χ1) is 13.6. The third kappa shape index (κ3) is 4.90. The summed E-state index contributed by atoms with van der Waals surface area (Å²) in [6.45, 7) is -0.169. The summed E-state index contributed by atoms with van der Waals surface area (Å²) in [7, 11) is 1.27. The van der Waals surface area contributed by atoms with E-state index in [1.54, 1.807) is 12.1 Å². The Morgan fingerprint density at radius 1 is 1.11 bits per heavy atom. The Kier molecular flexibility index (Phi) is 6.67. The molecule has 0 spiro atoms. The number of thioether (sulfide) groups is 1. The molecule has 7 nitrogen and oxygen atoms in total. The Bertz CT molecular complexity index is 961. The second-order valence-corrected chi connectivity index (χ2v) is 7.00. The van der Waals surface area contributed by atoms with Gasteiger partial charge in [0.25, 0.3) is 0 Å². The fourth-order valence-electron chi connectivity index (χ4n) is 2.38. The first-order valence-corrected chi connectivity index (χ1v) is 9.68. The molecule has 0 bridgehead atoms. The van der Waals surface area contributed by atoms with Crippen LogP contribution in [0, 0.1) is 0 Å². The second-order valence-electron chi connectivity index (χ2n) is 5.63. The maximum Gasteiger partial charge on any atom is 0.325 e. The number of carbonyl (C=O) groups excluding carboxylic acids is 2. The molecule has 1 amide bonds. The van der Waals surface area contributed by atoms with Gasteiger partial charge in [-0.05, 0) is 36.4 Å². The molecule has 1 heterocycles. The van der Waals surface area contributed by atoms with Gasteiger partial charge in [-0.25, -0.2) is 0 Å². The maximum absolute atomic E-state index is 12.0. The highest BCUT2D eigenvalue weighted by Crippen LogP contribution is 2.28. The molecule has 0 fully saturated rings. The van der Waals surface area contributed by atoms with E-state index in [0.717, 1.165) is 11.3 Å². The SMILES string of the molecule is COC(=O)CNC(=O)CSc1nnc(-c2ccc(Cl)cc2)n1-c1ccccc1. The van der Waals surface area contributed by atoms with Crippen LogP contribution in [0.3, 0.4) is 0 Å². The molecule has 2 aromatic carbocycles. The van der Waals surface area contributed by atoms with Crippen molar-refractivity contribution >= 4 is 35.2 Å². The highest BCUT2D eigenvalue weighted by molar-refractivity contribution is 7.99. The highest BCUT2D eigenvalue weighted by Gasteiger charge is 2.17. The molecule has 0 aliphatic heterocycles. The normalized spacial score (nSPS) is 10.5. The van der Waals surface area contributed by atoms with Gasteiger partial charge in [0, 0.05) is 16.3 Å². The van der Waals surface area contributed by atoms with Crippen LogP contribution in [-0.4, -0.2) is 46.0 Å². The zero-order chi connectivity index (χ0) is 19.9. The molecule has 3 aromatic rings. The number of rotatable bonds is 7. The van der Waals surface area contributed by atoms with Crippen molar-refractivity contribution in [3.05, 3.63) is 59.6 Å². The zero-order valence-electron chi connectivity index (χ0n) is 15.0. The third-order valence-corrected chi connectivity index (χ3v) is 4.92. The number of hydrogen-bond donors (Lipinski definition) is 1. The topological polar surface area (TPSA) is 86.1 Å². The molecule has 1 N–H and O–H groups in total. The second kappa shape index (κ2) is 9.38. The Labute approximate surface area is 171 Å². The monoisotopic (exact) mass is 416 g/mol. The van der Waals surface area contributed by atoms with Gasteiger partial charge in [0.05, 0.1) is 12.9 Å². The largest absolute Gasteiger partial charge is 0.468 e. The number of methoxy groups -OCH3 is 1. The van der Waals surface area contributed by atoms with Crippen LogP contribution in [0.2, 0.25) is 5.02 Å².